The van der Waals surface area contributed by atoms with Gasteiger partial charge in [-0.15, -0.1) is 0 Å². The van der Waals surface area contributed by atoms with Crippen LogP contribution in [0.25, 0.3) is 0 Å². The Morgan fingerprint density at radius 1 is 0.944 bits per heavy atom. The molecule has 0 aromatic carbocycles. The first kappa shape index (κ1) is 16.9. The highest BCUT2D eigenvalue weighted by Crippen LogP contribution is 2.17. The van der Waals surface area contributed by atoms with Gasteiger partial charge in [-0.3, -0.25) is 4.98 Å². The lowest BCUT2D eigenvalue weighted by atomic mass is 10.2. The van der Waals surface area contributed by atoms with E-state index in [0.717, 1.165) is 37.7 Å². The van der Waals surface area contributed by atoms with Crippen LogP contribution in [0.4, 0.5) is 5.69 Å². The molecule has 0 unspecified atom stereocenters. The van der Waals surface area contributed by atoms with Crippen molar-refractivity contribution in [3.8, 4) is 0 Å². The summed E-state index contributed by atoms with van der Waals surface area (Å²) in [6, 6.07) is 4.27. The van der Waals surface area contributed by atoms with Gasteiger partial charge in [0.2, 0.25) is 0 Å². The number of pyridine rings is 1. The summed E-state index contributed by atoms with van der Waals surface area (Å²) in [7, 11) is 0. The van der Waals surface area contributed by atoms with Crippen LogP contribution in [0.1, 0.15) is 39.1 Å². The van der Waals surface area contributed by atoms with Crippen LogP contribution in [0.3, 0.4) is 0 Å². The lowest BCUT2D eigenvalue weighted by molar-refractivity contribution is 0.122. The Morgan fingerprint density at radius 3 is 1.83 bits per heavy atom. The third-order valence-corrected chi connectivity index (χ3v) is 2.44. The number of anilines is 1. The Hall–Kier alpha value is -1.09. The topological polar surface area (TPSA) is 25.4 Å². The molecular formula is C15H28N2O. The summed E-state index contributed by atoms with van der Waals surface area (Å²) >= 11 is 0. The van der Waals surface area contributed by atoms with Crippen LogP contribution in [-0.4, -0.2) is 31.3 Å². The average molecular weight is 252 g/mol. The average Bonchev–Trinajstić information content (AvgIpc) is 2.43. The highest BCUT2D eigenvalue weighted by atomic mass is 16.5. The van der Waals surface area contributed by atoms with Crippen LogP contribution in [0, 0.1) is 13.8 Å². The number of rotatable bonds is 1. The predicted molar refractivity (Wildman–Crippen MR) is 79.4 cm³/mol. The minimum Gasteiger partial charge on any atom is -0.378 e. The van der Waals surface area contributed by atoms with Crippen molar-refractivity contribution >= 4 is 5.69 Å². The third kappa shape index (κ3) is 5.50. The van der Waals surface area contributed by atoms with Crippen molar-refractivity contribution in [2.45, 2.75) is 41.5 Å². The molecule has 2 rings (SSSR count). The second kappa shape index (κ2) is 9.89. The van der Waals surface area contributed by atoms with Crippen molar-refractivity contribution in [2.75, 3.05) is 31.2 Å². The van der Waals surface area contributed by atoms with E-state index in [1.807, 2.05) is 41.5 Å². The molecule has 18 heavy (non-hydrogen) atoms. The summed E-state index contributed by atoms with van der Waals surface area (Å²) in [6.45, 7) is 15.7. The molecule has 1 aromatic rings. The molecule has 3 heteroatoms. The van der Waals surface area contributed by atoms with Crippen LogP contribution >= 0.6 is 0 Å². The Kier molecular flexibility index (Phi) is 9.29. The maximum Gasteiger partial charge on any atom is 0.0642 e. The number of ether oxygens (including phenoxy) is 1. The Balaban J connectivity index is 0.000000659. The quantitative estimate of drug-likeness (QED) is 0.764. The number of nitrogens with zero attached hydrogens (tertiary/aromatic N) is 2. The van der Waals surface area contributed by atoms with Gasteiger partial charge in [0.05, 0.1) is 13.2 Å². The van der Waals surface area contributed by atoms with E-state index in [0.29, 0.717) is 0 Å². The van der Waals surface area contributed by atoms with E-state index < -0.39 is 0 Å². The first-order chi connectivity index (χ1) is 8.75. The molecule has 0 N–H and O–H groups in total. The van der Waals surface area contributed by atoms with Crippen LogP contribution in [-0.2, 0) is 4.74 Å². The van der Waals surface area contributed by atoms with Gasteiger partial charge in [0.15, 0.2) is 0 Å². The molecular weight excluding hydrogens is 224 g/mol. The van der Waals surface area contributed by atoms with Crippen molar-refractivity contribution in [1.82, 2.24) is 4.98 Å². The lowest BCUT2D eigenvalue weighted by Crippen LogP contribution is -2.36. The first-order valence-electron chi connectivity index (χ1n) is 7.04. The highest BCUT2D eigenvalue weighted by Gasteiger charge is 2.11. The van der Waals surface area contributed by atoms with Crippen molar-refractivity contribution in [3.05, 3.63) is 23.5 Å². The summed E-state index contributed by atoms with van der Waals surface area (Å²) in [6.07, 6.45) is 0. The molecule has 1 saturated heterocycles. The number of hydrogen-bond donors (Lipinski definition) is 0. The molecule has 1 fully saturated rings. The monoisotopic (exact) mass is 252 g/mol. The maximum atomic E-state index is 5.32. The molecule has 1 aliphatic heterocycles. The molecule has 0 bridgehead atoms. The van der Waals surface area contributed by atoms with Crippen LogP contribution in [0.15, 0.2) is 12.1 Å². The van der Waals surface area contributed by atoms with Crippen molar-refractivity contribution in [1.29, 1.82) is 0 Å². The summed E-state index contributed by atoms with van der Waals surface area (Å²) in [5.74, 6) is 0. The smallest absolute Gasteiger partial charge is 0.0642 e. The normalized spacial score (nSPS) is 14.0. The van der Waals surface area contributed by atoms with Gasteiger partial charge in [0.1, 0.15) is 0 Å². The lowest BCUT2D eigenvalue weighted by Gasteiger charge is -2.29. The van der Waals surface area contributed by atoms with Crippen molar-refractivity contribution in [3.63, 3.8) is 0 Å². The Morgan fingerprint density at radius 2 is 1.39 bits per heavy atom. The van der Waals surface area contributed by atoms with Gasteiger partial charge < -0.3 is 9.64 Å². The maximum absolute atomic E-state index is 5.32. The van der Waals surface area contributed by atoms with E-state index >= 15 is 0 Å². The first-order valence-corrected chi connectivity index (χ1v) is 7.04. The van der Waals surface area contributed by atoms with Crippen LogP contribution < -0.4 is 4.90 Å². The zero-order valence-corrected chi connectivity index (χ0v) is 12.8. The van der Waals surface area contributed by atoms with Gasteiger partial charge in [-0.2, -0.15) is 0 Å². The van der Waals surface area contributed by atoms with E-state index in [4.69, 9.17) is 4.74 Å². The standard InChI is InChI=1S/C11H16N2O.2C2H6/c1-9-7-11(8-10(2)12-9)13-3-5-14-6-4-13;2*1-2/h7-8H,3-6H2,1-2H3;2*1-2H3. The second-order valence-electron chi connectivity index (χ2n) is 3.71. The number of aryl methyl sites for hydroxylation is 2. The summed E-state index contributed by atoms with van der Waals surface area (Å²) < 4.78 is 5.32. The fourth-order valence-electron chi connectivity index (χ4n) is 1.82. The number of hydrogen-bond acceptors (Lipinski definition) is 3. The van der Waals surface area contributed by atoms with E-state index in [9.17, 15) is 0 Å². The molecule has 0 atom stereocenters. The summed E-state index contributed by atoms with van der Waals surface area (Å²) in [5.41, 5.74) is 3.45. The van der Waals surface area contributed by atoms with Gasteiger partial charge in [0, 0.05) is 30.2 Å². The molecule has 0 amide bonds. The molecule has 0 aliphatic carbocycles. The minimum absolute atomic E-state index is 0.834. The van der Waals surface area contributed by atoms with Crippen molar-refractivity contribution in [2.24, 2.45) is 0 Å². The third-order valence-electron chi connectivity index (χ3n) is 2.44. The van der Waals surface area contributed by atoms with Gasteiger partial charge in [0.25, 0.3) is 0 Å². The largest absolute Gasteiger partial charge is 0.378 e. The molecule has 1 aromatic heterocycles. The molecule has 0 radical (unpaired) electrons. The molecule has 1 aliphatic rings. The van der Waals surface area contributed by atoms with Gasteiger partial charge in [-0.25, -0.2) is 0 Å². The van der Waals surface area contributed by atoms with E-state index in [-0.39, 0.29) is 0 Å². The number of morpholine rings is 1. The Bertz CT molecular complexity index is 300. The Labute approximate surface area is 112 Å². The number of aromatic nitrogens is 1. The molecule has 104 valence electrons. The zero-order valence-electron chi connectivity index (χ0n) is 12.8. The van der Waals surface area contributed by atoms with E-state index in [1.165, 1.54) is 5.69 Å². The van der Waals surface area contributed by atoms with Gasteiger partial charge in [-0.1, -0.05) is 27.7 Å². The van der Waals surface area contributed by atoms with Crippen LogP contribution in [0.5, 0.6) is 0 Å². The summed E-state index contributed by atoms with van der Waals surface area (Å²) in [5, 5.41) is 0. The fourth-order valence-corrected chi connectivity index (χ4v) is 1.82. The van der Waals surface area contributed by atoms with E-state index in [1.54, 1.807) is 0 Å². The van der Waals surface area contributed by atoms with Crippen LogP contribution in [0.2, 0.25) is 0 Å². The van der Waals surface area contributed by atoms with E-state index in [2.05, 4.69) is 22.0 Å². The molecule has 0 spiro atoms. The molecule has 2 heterocycles. The fraction of sp³-hybridized carbons (Fsp3) is 0.667. The zero-order chi connectivity index (χ0) is 14.0. The van der Waals surface area contributed by atoms with Gasteiger partial charge >= 0.3 is 0 Å². The second-order valence-corrected chi connectivity index (χ2v) is 3.71. The van der Waals surface area contributed by atoms with Gasteiger partial charge in [-0.05, 0) is 26.0 Å². The predicted octanol–water partition coefficient (Wildman–Crippen LogP) is 3.59. The molecule has 3 nitrogen and oxygen atoms in total. The summed E-state index contributed by atoms with van der Waals surface area (Å²) in [4.78, 5) is 6.72. The van der Waals surface area contributed by atoms with Crippen molar-refractivity contribution < 1.29 is 4.74 Å². The highest BCUT2D eigenvalue weighted by molar-refractivity contribution is 5.48. The minimum atomic E-state index is 0.834. The SMILES string of the molecule is CC.CC.Cc1cc(N2CCOCC2)cc(C)n1. The molecule has 0 saturated carbocycles.